The molecule has 1 heterocycles. The molecule has 3 nitrogen and oxygen atoms in total. The van der Waals surface area contributed by atoms with Crippen LogP contribution in [0.5, 0.6) is 0 Å². The first-order valence-electron chi connectivity index (χ1n) is 6.78. The third kappa shape index (κ3) is 2.45. The van der Waals surface area contributed by atoms with Crippen LogP contribution in [-0.4, -0.2) is 4.57 Å². The van der Waals surface area contributed by atoms with Gasteiger partial charge in [-0.3, -0.25) is 0 Å². The van der Waals surface area contributed by atoms with Gasteiger partial charge < -0.3 is 10.3 Å². The van der Waals surface area contributed by atoms with E-state index in [9.17, 15) is 4.39 Å². The zero-order valence-electron chi connectivity index (χ0n) is 11.1. The van der Waals surface area contributed by atoms with Crippen LogP contribution in [-0.2, 0) is 6.54 Å². The van der Waals surface area contributed by atoms with Crippen molar-refractivity contribution in [1.82, 2.24) is 4.57 Å². The van der Waals surface area contributed by atoms with Gasteiger partial charge in [0.25, 0.3) is 0 Å². The number of hydrogen-bond donors (Lipinski definition) is 1. The number of nitrogens with two attached hydrogens (primary N) is 1. The summed E-state index contributed by atoms with van der Waals surface area (Å²) < 4.78 is 15.9. The predicted octanol–water partition coefficient (Wildman–Crippen LogP) is 2.96. The fraction of sp³-hybridized carbons (Fsp3) is 0.312. The van der Waals surface area contributed by atoms with Crippen LogP contribution < -0.4 is 5.73 Å². The van der Waals surface area contributed by atoms with E-state index in [-0.39, 0.29) is 11.6 Å². The maximum atomic E-state index is 14.0. The second-order valence-electron chi connectivity index (χ2n) is 5.37. The van der Waals surface area contributed by atoms with Crippen LogP contribution in [0.25, 0.3) is 0 Å². The maximum absolute atomic E-state index is 14.0. The molecule has 102 valence electrons. The fourth-order valence-corrected chi connectivity index (χ4v) is 2.47. The van der Waals surface area contributed by atoms with E-state index in [0.717, 1.165) is 5.56 Å². The van der Waals surface area contributed by atoms with Crippen LogP contribution in [0.3, 0.4) is 0 Å². The molecule has 0 spiro atoms. The Morgan fingerprint density at radius 2 is 2.20 bits per heavy atom. The summed E-state index contributed by atoms with van der Waals surface area (Å²) in [4.78, 5) is 0. The molecule has 4 heteroatoms. The van der Waals surface area contributed by atoms with Gasteiger partial charge in [-0.2, -0.15) is 5.26 Å². The van der Waals surface area contributed by atoms with Gasteiger partial charge in [-0.25, -0.2) is 4.39 Å². The van der Waals surface area contributed by atoms with Crippen molar-refractivity contribution in [3.05, 3.63) is 59.2 Å². The van der Waals surface area contributed by atoms with Gasteiger partial charge in [0, 0.05) is 30.5 Å². The molecule has 0 radical (unpaired) electrons. The number of halogens is 1. The normalized spacial score (nSPS) is 15.8. The molecule has 3 rings (SSSR count). The number of benzene rings is 1. The Kier molecular flexibility index (Phi) is 3.29. The van der Waals surface area contributed by atoms with E-state index in [1.54, 1.807) is 12.1 Å². The number of rotatable bonds is 4. The molecule has 1 aliphatic rings. The van der Waals surface area contributed by atoms with Crippen molar-refractivity contribution in [2.45, 2.75) is 25.4 Å². The first kappa shape index (κ1) is 12.9. The molecule has 2 aromatic rings. The van der Waals surface area contributed by atoms with Crippen molar-refractivity contribution in [2.75, 3.05) is 0 Å². The lowest BCUT2D eigenvalue weighted by molar-refractivity contribution is 0.594. The number of nitriles is 1. The summed E-state index contributed by atoms with van der Waals surface area (Å²) in [6.07, 6.45) is 6.29. The smallest absolute Gasteiger partial charge is 0.145 e. The standard InChI is InChI=1S/C16H16FN3/c17-15-12(8-18)2-1-3-13(15)9-20-7-6-14(10-20)16(19)11-4-5-11/h1-3,6-7,10-11,16H,4-5,9,19H2. The van der Waals surface area contributed by atoms with Crippen LogP contribution in [0.1, 0.15) is 35.6 Å². The summed E-state index contributed by atoms with van der Waals surface area (Å²) in [6, 6.07) is 8.85. The van der Waals surface area contributed by atoms with Gasteiger partial charge in [0.1, 0.15) is 11.9 Å². The molecule has 0 bridgehead atoms. The van der Waals surface area contributed by atoms with E-state index in [4.69, 9.17) is 11.0 Å². The second kappa shape index (κ2) is 5.10. The highest BCUT2D eigenvalue weighted by atomic mass is 19.1. The highest BCUT2D eigenvalue weighted by molar-refractivity contribution is 5.35. The van der Waals surface area contributed by atoms with Crippen molar-refractivity contribution in [3.63, 3.8) is 0 Å². The third-order valence-electron chi connectivity index (χ3n) is 3.84. The van der Waals surface area contributed by atoms with E-state index >= 15 is 0 Å². The van der Waals surface area contributed by atoms with Gasteiger partial charge in [0.05, 0.1) is 5.56 Å². The summed E-state index contributed by atoms with van der Waals surface area (Å²) in [5.41, 5.74) is 7.86. The quantitative estimate of drug-likeness (QED) is 0.927. The minimum absolute atomic E-state index is 0.0876. The third-order valence-corrected chi connectivity index (χ3v) is 3.84. The molecule has 0 amide bonds. The molecule has 1 saturated carbocycles. The summed E-state index contributed by atoms with van der Waals surface area (Å²) in [5.74, 6) is 0.168. The fourth-order valence-electron chi connectivity index (χ4n) is 2.47. The van der Waals surface area contributed by atoms with Crippen molar-refractivity contribution < 1.29 is 4.39 Å². The van der Waals surface area contributed by atoms with E-state index in [2.05, 4.69) is 0 Å². The Morgan fingerprint density at radius 3 is 2.90 bits per heavy atom. The summed E-state index contributed by atoms with van der Waals surface area (Å²) in [7, 11) is 0. The highest BCUT2D eigenvalue weighted by Crippen LogP contribution is 2.39. The van der Waals surface area contributed by atoms with Gasteiger partial charge in [-0.05, 0) is 36.5 Å². The Morgan fingerprint density at radius 1 is 1.40 bits per heavy atom. The van der Waals surface area contributed by atoms with E-state index in [0.29, 0.717) is 18.0 Å². The summed E-state index contributed by atoms with van der Waals surface area (Å²) >= 11 is 0. The van der Waals surface area contributed by atoms with Crippen LogP contribution in [0.4, 0.5) is 4.39 Å². The summed E-state index contributed by atoms with van der Waals surface area (Å²) in [5, 5.41) is 8.84. The molecular formula is C16H16FN3. The molecule has 20 heavy (non-hydrogen) atoms. The number of hydrogen-bond acceptors (Lipinski definition) is 2. The Labute approximate surface area is 117 Å². The molecular weight excluding hydrogens is 253 g/mol. The highest BCUT2D eigenvalue weighted by Gasteiger charge is 2.29. The predicted molar refractivity (Wildman–Crippen MR) is 74.3 cm³/mol. The maximum Gasteiger partial charge on any atom is 0.145 e. The SMILES string of the molecule is N#Cc1cccc(Cn2ccc(C(N)C3CC3)c2)c1F. The Bertz CT molecular complexity index is 665. The zero-order valence-corrected chi connectivity index (χ0v) is 11.1. The number of aromatic nitrogens is 1. The van der Waals surface area contributed by atoms with Crippen molar-refractivity contribution in [2.24, 2.45) is 11.7 Å². The van der Waals surface area contributed by atoms with Crippen LogP contribution in [0.2, 0.25) is 0 Å². The van der Waals surface area contributed by atoms with Crippen molar-refractivity contribution in [1.29, 1.82) is 5.26 Å². The summed E-state index contributed by atoms with van der Waals surface area (Å²) in [6.45, 7) is 0.415. The molecule has 0 aliphatic heterocycles. The average Bonchev–Trinajstić information content (AvgIpc) is 3.20. The monoisotopic (exact) mass is 269 g/mol. The first-order valence-corrected chi connectivity index (χ1v) is 6.78. The average molecular weight is 269 g/mol. The molecule has 1 aromatic heterocycles. The van der Waals surface area contributed by atoms with E-state index in [1.165, 1.54) is 18.9 Å². The largest absolute Gasteiger partial charge is 0.349 e. The van der Waals surface area contributed by atoms with Crippen molar-refractivity contribution in [3.8, 4) is 6.07 Å². The Hall–Kier alpha value is -2.12. The van der Waals surface area contributed by atoms with Crippen molar-refractivity contribution >= 4 is 0 Å². The Balaban J connectivity index is 1.80. The topological polar surface area (TPSA) is 54.7 Å². The molecule has 0 saturated heterocycles. The van der Waals surface area contributed by atoms with Gasteiger partial charge in [-0.15, -0.1) is 0 Å². The molecule has 1 unspecified atom stereocenters. The van der Waals surface area contributed by atoms with Crippen LogP contribution in [0.15, 0.2) is 36.7 Å². The van der Waals surface area contributed by atoms with Crippen LogP contribution >= 0.6 is 0 Å². The molecule has 2 N–H and O–H groups in total. The lowest BCUT2D eigenvalue weighted by atomic mass is 10.1. The zero-order chi connectivity index (χ0) is 14.1. The second-order valence-corrected chi connectivity index (χ2v) is 5.37. The van der Waals surface area contributed by atoms with Gasteiger partial charge >= 0.3 is 0 Å². The lowest BCUT2D eigenvalue weighted by Crippen LogP contribution is -2.11. The van der Waals surface area contributed by atoms with E-state index < -0.39 is 5.82 Å². The molecule has 1 atom stereocenters. The van der Waals surface area contributed by atoms with Gasteiger partial charge in [0.15, 0.2) is 0 Å². The lowest BCUT2D eigenvalue weighted by Gasteiger charge is -2.08. The minimum Gasteiger partial charge on any atom is -0.349 e. The minimum atomic E-state index is -0.434. The molecule has 1 fully saturated rings. The van der Waals surface area contributed by atoms with Gasteiger partial charge in [-0.1, -0.05) is 12.1 Å². The number of nitrogens with zero attached hydrogens (tertiary/aromatic N) is 2. The van der Waals surface area contributed by atoms with Crippen LogP contribution in [0, 0.1) is 23.1 Å². The van der Waals surface area contributed by atoms with Gasteiger partial charge in [0.2, 0.25) is 0 Å². The molecule has 1 aliphatic carbocycles. The molecule has 1 aromatic carbocycles. The first-order chi connectivity index (χ1) is 9.69. The van der Waals surface area contributed by atoms with E-state index in [1.807, 2.05) is 29.1 Å².